The second-order valence-corrected chi connectivity index (χ2v) is 11.0. The van der Waals surface area contributed by atoms with Crippen molar-refractivity contribution in [1.29, 1.82) is 0 Å². The first-order valence-electron chi connectivity index (χ1n) is 11.4. The molecule has 0 spiro atoms. The number of para-hydroxylation sites is 1. The lowest BCUT2D eigenvalue weighted by Crippen LogP contribution is -2.66. The van der Waals surface area contributed by atoms with E-state index in [2.05, 4.69) is 59.5 Å². The fourth-order valence-electron chi connectivity index (χ4n) is 4.74. The SMILES string of the molecule is COC(=O)c1ccc(CNS(=O)(=O)CCC[N+]2(c3ccccc3)C[C@@H](C)N(C)[C@@H](C)C2)cc1. The van der Waals surface area contributed by atoms with E-state index >= 15 is 0 Å². The Morgan fingerprint density at radius 3 is 2.24 bits per heavy atom. The van der Waals surface area contributed by atoms with Crippen LogP contribution in [0.25, 0.3) is 0 Å². The molecule has 1 fully saturated rings. The van der Waals surface area contributed by atoms with Gasteiger partial charge in [0.25, 0.3) is 0 Å². The number of ether oxygens (including phenoxy) is 1. The van der Waals surface area contributed by atoms with Crippen molar-refractivity contribution in [2.45, 2.75) is 38.9 Å². The third-order valence-electron chi connectivity index (χ3n) is 6.79. The lowest BCUT2D eigenvalue weighted by Gasteiger charge is -2.49. The van der Waals surface area contributed by atoms with Crippen molar-refractivity contribution < 1.29 is 17.9 Å². The van der Waals surface area contributed by atoms with Crippen LogP contribution in [-0.2, 0) is 21.3 Å². The van der Waals surface area contributed by atoms with E-state index in [0.29, 0.717) is 24.1 Å². The molecule has 1 saturated heterocycles. The summed E-state index contributed by atoms with van der Waals surface area (Å²) in [5.41, 5.74) is 2.48. The van der Waals surface area contributed by atoms with Gasteiger partial charge in [-0.3, -0.25) is 9.38 Å². The van der Waals surface area contributed by atoms with E-state index in [-0.39, 0.29) is 12.3 Å². The number of nitrogens with one attached hydrogen (secondary N) is 1. The van der Waals surface area contributed by atoms with Crippen LogP contribution in [0.3, 0.4) is 0 Å². The molecule has 1 aliphatic rings. The predicted octanol–water partition coefficient (Wildman–Crippen LogP) is 3.01. The van der Waals surface area contributed by atoms with Crippen LogP contribution in [0, 0.1) is 0 Å². The van der Waals surface area contributed by atoms with E-state index in [1.807, 2.05) is 6.07 Å². The summed E-state index contributed by atoms with van der Waals surface area (Å²) in [6.45, 7) is 7.39. The Morgan fingerprint density at radius 2 is 1.67 bits per heavy atom. The van der Waals surface area contributed by atoms with E-state index in [4.69, 9.17) is 0 Å². The van der Waals surface area contributed by atoms with Gasteiger partial charge in [0.15, 0.2) is 0 Å². The van der Waals surface area contributed by atoms with Gasteiger partial charge in [0.1, 0.15) is 5.69 Å². The lowest BCUT2D eigenvalue weighted by atomic mass is 10.0. The molecule has 7 nitrogen and oxygen atoms in total. The highest BCUT2D eigenvalue weighted by atomic mass is 32.2. The fourth-order valence-corrected chi connectivity index (χ4v) is 5.78. The van der Waals surface area contributed by atoms with Crippen molar-refractivity contribution in [1.82, 2.24) is 14.1 Å². The molecule has 0 radical (unpaired) electrons. The number of sulfonamides is 1. The predicted molar refractivity (Wildman–Crippen MR) is 133 cm³/mol. The van der Waals surface area contributed by atoms with Crippen LogP contribution in [0.1, 0.15) is 36.2 Å². The molecule has 33 heavy (non-hydrogen) atoms. The topological polar surface area (TPSA) is 75.7 Å². The van der Waals surface area contributed by atoms with Gasteiger partial charge < -0.3 is 4.74 Å². The summed E-state index contributed by atoms with van der Waals surface area (Å²) in [4.78, 5) is 13.9. The molecule has 180 valence electrons. The number of carbonyl (C=O) groups is 1. The molecule has 0 saturated carbocycles. The molecule has 8 heteroatoms. The standard InChI is InChI=1S/C25H36N3O4S/c1-20-18-28(19-21(2)27(20)3,24-9-6-5-7-10-24)15-8-16-33(30,31)26-17-22-11-13-23(14-12-22)25(29)32-4/h5-7,9-14,20-21,26H,8,15-19H2,1-4H3/q+1/t20-,21+,28?. The number of rotatable bonds is 9. The zero-order valence-corrected chi connectivity index (χ0v) is 20.8. The Kier molecular flexibility index (Phi) is 8.28. The summed E-state index contributed by atoms with van der Waals surface area (Å²) < 4.78 is 33.6. The number of hydrogen-bond acceptors (Lipinski definition) is 5. The van der Waals surface area contributed by atoms with Gasteiger partial charge >= 0.3 is 5.97 Å². The van der Waals surface area contributed by atoms with Crippen molar-refractivity contribution in [2.24, 2.45) is 0 Å². The largest absolute Gasteiger partial charge is 0.465 e. The summed E-state index contributed by atoms with van der Waals surface area (Å²) in [7, 11) is 0.0777. The molecular formula is C25H36N3O4S+. The first-order valence-corrected chi connectivity index (χ1v) is 13.1. The first-order chi connectivity index (χ1) is 15.7. The van der Waals surface area contributed by atoms with Crippen LogP contribution in [0.15, 0.2) is 54.6 Å². The van der Waals surface area contributed by atoms with Gasteiger partial charge in [-0.2, -0.15) is 0 Å². The zero-order chi connectivity index (χ0) is 24.1. The number of carbonyl (C=O) groups excluding carboxylic acids is 1. The Labute approximate surface area is 198 Å². The lowest BCUT2D eigenvalue weighted by molar-refractivity contribution is 0.0600. The van der Waals surface area contributed by atoms with Gasteiger partial charge in [0, 0.05) is 13.0 Å². The van der Waals surface area contributed by atoms with Gasteiger partial charge in [-0.05, 0) is 50.7 Å². The van der Waals surface area contributed by atoms with Crippen molar-refractivity contribution in [2.75, 3.05) is 39.5 Å². The summed E-state index contributed by atoms with van der Waals surface area (Å²) in [5.74, 6) is -0.330. The Bertz CT molecular complexity index is 1010. The number of nitrogens with zero attached hydrogens (tertiary/aromatic N) is 2. The van der Waals surface area contributed by atoms with Crippen LogP contribution >= 0.6 is 0 Å². The maximum atomic E-state index is 12.7. The molecule has 3 rings (SSSR count). The van der Waals surface area contributed by atoms with E-state index in [0.717, 1.165) is 29.7 Å². The van der Waals surface area contributed by atoms with Gasteiger partial charge in [-0.25, -0.2) is 17.9 Å². The monoisotopic (exact) mass is 474 g/mol. The second kappa shape index (κ2) is 10.8. The molecule has 1 heterocycles. The molecule has 1 N–H and O–H groups in total. The van der Waals surface area contributed by atoms with Gasteiger partial charge in [0.05, 0.1) is 50.1 Å². The number of hydrogen-bond donors (Lipinski definition) is 1. The number of benzene rings is 2. The molecule has 0 amide bonds. The number of piperazine rings is 1. The molecular weight excluding hydrogens is 438 g/mol. The number of methoxy groups -OCH3 is 1. The molecule has 0 bridgehead atoms. The summed E-state index contributed by atoms with van der Waals surface area (Å²) in [6.07, 6.45) is 0.578. The van der Waals surface area contributed by atoms with E-state index in [1.165, 1.54) is 12.8 Å². The fraction of sp³-hybridized carbons (Fsp3) is 0.480. The minimum Gasteiger partial charge on any atom is -0.465 e. The van der Waals surface area contributed by atoms with E-state index in [1.54, 1.807) is 24.3 Å². The average molecular weight is 475 g/mol. The second-order valence-electron chi connectivity index (χ2n) is 9.12. The highest BCUT2D eigenvalue weighted by Crippen LogP contribution is 2.30. The summed E-state index contributed by atoms with van der Waals surface area (Å²) in [6, 6.07) is 18.0. The molecule has 3 atom stereocenters. The molecule has 2 aromatic carbocycles. The third kappa shape index (κ3) is 6.41. The Hall–Kier alpha value is -2.26. The maximum Gasteiger partial charge on any atom is 0.337 e. The summed E-state index contributed by atoms with van der Waals surface area (Å²) >= 11 is 0. The molecule has 1 aliphatic heterocycles. The highest BCUT2D eigenvalue weighted by molar-refractivity contribution is 7.89. The van der Waals surface area contributed by atoms with E-state index < -0.39 is 16.0 Å². The van der Waals surface area contributed by atoms with E-state index in [9.17, 15) is 13.2 Å². The normalized spacial score (nSPS) is 23.9. The third-order valence-corrected chi connectivity index (χ3v) is 8.20. The zero-order valence-electron chi connectivity index (χ0n) is 20.0. The minimum atomic E-state index is -3.42. The summed E-state index contributed by atoms with van der Waals surface area (Å²) in [5, 5.41) is 0. The quantitative estimate of drug-likeness (QED) is 0.447. The number of esters is 1. The van der Waals surface area contributed by atoms with Crippen LogP contribution in [0.2, 0.25) is 0 Å². The van der Waals surface area contributed by atoms with Crippen molar-refractivity contribution in [3.05, 3.63) is 65.7 Å². The van der Waals surface area contributed by atoms with Gasteiger partial charge in [-0.15, -0.1) is 0 Å². The first kappa shape index (κ1) is 25.4. The average Bonchev–Trinajstić information content (AvgIpc) is 2.81. The number of quaternary nitrogens is 1. The van der Waals surface area contributed by atoms with Gasteiger partial charge in [-0.1, -0.05) is 30.3 Å². The van der Waals surface area contributed by atoms with Crippen molar-refractivity contribution in [3.8, 4) is 0 Å². The highest BCUT2D eigenvalue weighted by Gasteiger charge is 2.41. The van der Waals surface area contributed by atoms with Crippen LogP contribution in [0.4, 0.5) is 5.69 Å². The van der Waals surface area contributed by atoms with Crippen molar-refractivity contribution in [3.63, 3.8) is 0 Å². The molecule has 0 aromatic heterocycles. The minimum absolute atomic E-state index is 0.0820. The number of likely N-dealkylation sites (N-methyl/N-ethyl adjacent to an activating group) is 1. The molecule has 0 aliphatic carbocycles. The smallest absolute Gasteiger partial charge is 0.337 e. The van der Waals surface area contributed by atoms with Crippen LogP contribution in [0.5, 0.6) is 0 Å². The molecule has 2 aromatic rings. The van der Waals surface area contributed by atoms with Crippen molar-refractivity contribution >= 4 is 21.7 Å². The molecule has 1 unspecified atom stereocenters. The van der Waals surface area contributed by atoms with Crippen LogP contribution in [-0.4, -0.2) is 70.9 Å². The maximum absolute atomic E-state index is 12.7. The van der Waals surface area contributed by atoms with Gasteiger partial charge in [0.2, 0.25) is 10.0 Å². The Morgan fingerprint density at radius 1 is 1.06 bits per heavy atom. The van der Waals surface area contributed by atoms with Crippen LogP contribution < -0.4 is 9.21 Å². The Balaban J connectivity index is 1.61.